The van der Waals surface area contributed by atoms with E-state index in [9.17, 15) is 0 Å². The predicted octanol–water partition coefficient (Wildman–Crippen LogP) is 17.6. The van der Waals surface area contributed by atoms with E-state index >= 15 is 0 Å². The summed E-state index contributed by atoms with van der Waals surface area (Å²) in [6, 6.07) is 88.6. The van der Waals surface area contributed by atoms with Crippen molar-refractivity contribution in [2.24, 2.45) is 0 Å². The molecular formula is C60H40N2S. The van der Waals surface area contributed by atoms with Crippen LogP contribution in [0.15, 0.2) is 243 Å². The Morgan fingerprint density at radius 2 is 0.603 bits per heavy atom. The maximum atomic E-state index is 2.45. The van der Waals surface area contributed by atoms with Gasteiger partial charge in [-0.2, -0.15) is 0 Å². The molecule has 0 unspecified atom stereocenters. The van der Waals surface area contributed by atoms with Gasteiger partial charge in [-0.15, -0.1) is 11.3 Å². The first kappa shape index (κ1) is 36.8. The summed E-state index contributed by atoms with van der Waals surface area (Å²) in [5.74, 6) is 0. The van der Waals surface area contributed by atoms with Gasteiger partial charge in [-0.3, -0.25) is 0 Å². The van der Waals surface area contributed by atoms with Crippen LogP contribution in [0.4, 0.5) is 34.1 Å². The molecule has 11 aromatic rings. The normalized spacial score (nSPS) is 12.1. The molecule has 10 aromatic carbocycles. The van der Waals surface area contributed by atoms with E-state index in [1.807, 2.05) is 11.3 Å². The maximum Gasteiger partial charge on any atom is 0.0709 e. The lowest BCUT2D eigenvalue weighted by atomic mass is 9.95. The number of rotatable bonds is 7. The molecule has 296 valence electrons. The van der Waals surface area contributed by atoms with Crippen LogP contribution in [0.2, 0.25) is 0 Å². The Morgan fingerprint density at radius 1 is 0.222 bits per heavy atom. The van der Waals surface area contributed by atoms with Crippen LogP contribution >= 0.6 is 11.3 Å². The van der Waals surface area contributed by atoms with Crippen LogP contribution < -0.4 is 9.80 Å². The molecule has 1 aliphatic heterocycles. The van der Waals surface area contributed by atoms with E-state index in [-0.39, 0.29) is 0 Å². The molecule has 0 fully saturated rings. The zero-order valence-corrected chi connectivity index (χ0v) is 35.2. The monoisotopic (exact) mass is 820 g/mol. The molecule has 0 saturated heterocycles. The van der Waals surface area contributed by atoms with Crippen LogP contribution in [0.5, 0.6) is 0 Å². The topological polar surface area (TPSA) is 6.48 Å². The van der Waals surface area contributed by atoms with Crippen molar-refractivity contribution in [3.8, 4) is 55.6 Å². The summed E-state index contributed by atoms with van der Waals surface area (Å²) in [4.78, 5) is 4.89. The Morgan fingerprint density at radius 3 is 1.19 bits per heavy atom. The van der Waals surface area contributed by atoms with E-state index in [0.717, 1.165) is 45.3 Å². The van der Waals surface area contributed by atoms with Crippen molar-refractivity contribution in [1.29, 1.82) is 0 Å². The molecule has 3 heteroatoms. The predicted molar refractivity (Wildman–Crippen MR) is 269 cm³/mol. The zero-order valence-electron chi connectivity index (χ0n) is 34.4. The fourth-order valence-electron chi connectivity index (χ4n) is 9.26. The first-order chi connectivity index (χ1) is 31.2. The molecule has 2 heterocycles. The van der Waals surface area contributed by atoms with Gasteiger partial charge in [-0.25, -0.2) is 0 Å². The molecule has 0 aliphatic carbocycles. The minimum atomic E-state index is 1.11. The Balaban J connectivity index is 1.02. The third kappa shape index (κ3) is 6.67. The fourth-order valence-corrected chi connectivity index (χ4v) is 10.3. The molecule has 1 aliphatic rings. The standard InChI is InChI=1S/C60H40N2S/c1-4-14-41(15-5-1)44-18-12-20-46(36-44)49-28-33-55-57(39-49)62(51-22-8-3-9-23-51)58-40-50(47-21-13-19-45(37-47)42-16-6-2-7-17-42)29-34-56(58)61(55)52-31-26-43(27-32-52)48-30-35-60-54(38-48)53-24-10-11-25-59(53)63-60/h1-40H. The van der Waals surface area contributed by atoms with E-state index < -0.39 is 0 Å². The highest BCUT2D eigenvalue weighted by molar-refractivity contribution is 7.25. The minimum Gasteiger partial charge on any atom is -0.306 e. The Hall–Kier alpha value is -7.98. The van der Waals surface area contributed by atoms with Crippen molar-refractivity contribution < 1.29 is 0 Å². The quantitative estimate of drug-likeness (QED) is 0.158. The molecular weight excluding hydrogens is 781 g/mol. The molecule has 0 atom stereocenters. The van der Waals surface area contributed by atoms with Crippen molar-refractivity contribution in [3.05, 3.63) is 243 Å². The van der Waals surface area contributed by atoms with Crippen LogP contribution in [-0.2, 0) is 0 Å². The lowest BCUT2D eigenvalue weighted by Crippen LogP contribution is -2.24. The average molecular weight is 821 g/mol. The highest BCUT2D eigenvalue weighted by Crippen LogP contribution is 2.56. The van der Waals surface area contributed by atoms with Gasteiger partial charge in [0.1, 0.15) is 0 Å². The lowest BCUT2D eigenvalue weighted by molar-refractivity contribution is 1.17. The Labute approximate surface area is 371 Å². The molecule has 0 saturated carbocycles. The molecule has 0 spiro atoms. The maximum absolute atomic E-state index is 2.45. The van der Waals surface area contributed by atoms with E-state index in [1.165, 1.54) is 64.7 Å². The zero-order chi connectivity index (χ0) is 41.7. The number of nitrogens with zero attached hydrogens (tertiary/aromatic N) is 2. The highest BCUT2D eigenvalue weighted by atomic mass is 32.1. The first-order valence-corrected chi connectivity index (χ1v) is 22.3. The number of thiophene rings is 1. The Bertz CT molecular complexity index is 3310. The van der Waals surface area contributed by atoms with Crippen molar-refractivity contribution in [1.82, 2.24) is 0 Å². The third-order valence-corrected chi connectivity index (χ3v) is 13.5. The van der Waals surface area contributed by atoms with Crippen molar-refractivity contribution >= 4 is 65.6 Å². The summed E-state index contributed by atoms with van der Waals surface area (Å²) in [6.45, 7) is 0. The second-order valence-corrected chi connectivity index (χ2v) is 17.2. The van der Waals surface area contributed by atoms with Gasteiger partial charge < -0.3 is 9.80 Å². The van der Waals surface area contributed by atoms with Gasteiger partial charge in [0.05, 0.1) is 22.7 Å². The molecule has 2 nitrogen and oxygen atoms in total. The fraction of sp³-hybridized carbons (Fsp3) is 0. The van der Waals surface area contributed by atoms with Gasteiger partial charge in [0.15, 0.2) is 0 Å². The molecule has 0 N–H and O–H groups in total. The van der Waals surface area contributed by atoms with Gasteiger partial charge in [0, 0.05) is 31.5 Å². The highest BCUT2D eigenvalue weighted by Gasteiger charge is 2.31. The Kier molecular flexibility index (Phi) is 9.06. The number of hydrogen-bond acceptors (Lipinski definition) is 3. The smallest absolute Gasteiger partial charge is 0.0709 e. The van der Waals surface area contributed by atoms with Gasteiger partial charge in [0.25, 0.3) is 0 Å². The van der Waals surface area contributed by atoms with Crippen LogP contribution in [-0.4, -0.2) is 0 Å². The van der Waals surface area contributed by atoms with Crippen molar-refractivity contribution in [2.45, 2.75) is 0 Å². The molecule has 0 radical (unpaired) electrons. The van der Waals surface area contributed by atoms with Gasteiger partial charge in [0.2, 0.25) is 0 Å². The van der Waals surface area contributed by atoms with Crippen molar-refractivity contribution in [3.63, 3.8) is 0 Å². The summed E-state index contributed by atoms with van der Waals surface area (Å²) < 4.78 is 2.64. The number of fused-ring (bicyclic) bond motifs is 5. The van der Waals surface area contributed by atoms with Crippen LogP contribution in [0, 0.1) is 0 Å². The van der Waals surface area contributed by atoms with Crippen LogP contribution in [0.3, 0.4) is 0 Å². The largest absolute Gasteiger partial charge is 0.306 e. The molecule has 12 rings (SSSR count). The molecule has 1 aromatic heterocycles. The second kappa shape index (κ2) is 15.5. The summed E-state index contributed by atoms with van der Waals surface area (Å²) in [5, 5.41) is 2.63. The minimum absolute atomic E-state index is 1.11. The number of para-hydroxylation sites is 1. The lowest BCUT2D eigenvalue weighted by Gasteiger charge is -2.41. The average Bonchev–Trinajstić information content (AvgIpc) is 3.74. The van der Waals surface area contributed by atoms with Crippen LogP contribution in [0.1, 0.15) is 0 Å². The van der Waals surface area contributed by atoms with Gasteiger partial charge >= 0.3 is 0 Å². The number of benzene rings is 10. The van der Waals surface area contributed by atoms with Crippen molar-refractivity contribution in [2.75, 3.05) is 9.80 Å². The van der Waals surface area contributed by atoms with E-state index in [4.69, 9.17) is 0 Å². The van der Waals surface area contributed by atoms with E-state index in [0.29, 0.717) is 0 Å². The summed E-state index contributed by atoms with van der Waals surface area (Å²) in [6.07, 6.45) is 0. The molecule has 0 bridgehead atoms. The molecule has 63 heavy (non-hydrogen) atoms. The number of hydrogen-bond donors (Lipinski definition) is 0. The summed E-state index contributed by atoms with van der Waals surface area (Å²) in [7, 11) is 0. The third-order valence-electron chi connectivity index (χ3n) is 12.4. The summed E-state index contributed by atoms with van der Waals surface area (Å²) in [5.41, 5.74) is 18.6. The van der Waals surface area contributed by atoms with Gasteiger partial charge in [-0.05, 0) is 134 Å². The van der Waals surface area contributed by atoms with E-state index in [2.05, 4.69) is 252 Å². The summed E-state index contributed by atoms with van der Waals surface area (Å²) >= 11 is 1.86. The van der Waals surface area contributed by atoms with Crippen LogP contribution in [0.25, 0.3) is 75.8 Å². The SMILES string of the molecule is c1ccc(-c2cccc(-c3ccc4c(c3)N(c3ccccc3)c3cc(-c5cccc(-c6ccccc6)c5)ccc3N4c3ccc(-c4ccc5sc6ccccc6c5c4)cc3)c2)cc1. The number of anilines is 6. The second-order valence-electron chi connectivity index (χ2n) is 16.2. The van der Waals surface area contributed by atoms with E-state index in [1.54, 1.807) is 0 Å². The van der Waals surface area contributed by atoms with Gasteiger partial charge in [-0.1, -0.05) is 164 Å². The first-order valence-electron chi connectivity index (χ1n) is 21.5. The molecule has 0 amide bonds.